The first-order chi connectivity index (χ1) is 10.3. The molecule has 5 heteroatoms. The Morgan fingerprint density at radius 3 is 2.95 bits per heavy atom. The molecule has 0 aliphatic carbocycles. The summed E-state index contributed by atoms with van der Waals surface area (Å²) >= 11 is 7.79. The third-order valence-corrected chi connectivity index (χ3v) is 4.71. The Bertz CT molecular complexity index is 708. The van der Waals surface area contributed by atoms with E-state index >= 15 is 0 Å². The Kier molecular flexibility index (Phi) is 4.60. The summed E-state index contributed by atoms with van der Waals surface area (Å²) in [5, 5.41) is 3.83. The average molecular weight is 321 g/mol. The Morgan fingerprint density at radius 1 is 1.29 bits per heavy atom. The van der Waals surface area contributed by atoms with E-state index in [-0.39, 0.29) is 6.04 Å². The van der Waals surface area contributed by atoms with Gasteiger partial charge in [-0.1, -0.05) is 17.7 Å². The standard InChI is InChI=1S/C16H17ClN2OS/c17-12-6-7-15-11(9-12)10-16(20-15)14(19-18)5-1-3-13-4-2-8-21-13/h2,4,6-10,14,19H,1,3,5,18H2. The zero-order valence-corrected chi connectivity index (χ0v) is 13.1. The van der Waals surface area contributed by atoms with Crippen LogP contribution in [0.4, 0.5) is 0 Å². The zero-order chi connectivity index (χ0) is 14.7. The number of rotatable bonds is 6. The van der Waals surface area contributed by atoms with Gasteiger partial charge in [0.15, 0.2) is 0 Å². The quantitative estimate of drug-likeness (QED) is 0.512. The Labute approximate surface area is 132 Å². The zero-order valence-electron chi connectivity index (χ0n) is 11.5. The highest BCUT2D eigenvalue weighted by atomic mass is 35.5. The first-order valence-electron chi connectivity index (χ1n) is 6.94. The minimum Gasteiger partial charge on any atom is -0.459 e. The van der Waals surface area contributed by atoms with E-state index in [0.29, 0.717) is 5.02 Å². The fourth-order valence-corrected chi connectivity index (χ4v) is 3.38. The summed E-state index contributed by atoms with van der Waals surface area (Å²) in [7, 11) is 0. The summed E-state index contributed by atoms with van der Waals surface area (Å²) in [4.78, 5) is 1.40. The molecule has 0 bridgehead atoms. The Hall–Kier alpha value is -1.33. The molecule has 3 N–H and O–H groups in total. The van der Waals surface area contributed by atoms with E-state index in [1.54, 1.807) is 11.3 Å². The van der Waals surface area contributed by atoms with Crippen molar-refractivity contribution in [2.75, 3.05) is 0 Å². The van der Waals surface area contributed by atoms with Gasteiger partial charge in [-0.3, -0.25) is 5.84 Å². The molecule has 21 heavy (non-hydrogen) atoms. The molecule has 1 aromatic carbocycles. The van der Waals surface area contributed by atoms with Crippen LogP contribution in [0.1, 0.15) is 29.5 Å². The molecule has 110 valence electrons. The molecular weight excluding hydrogens is 304 g/mol. The molecular formula is C16H17ClN2OS. The monoisotopic (exact) mass is 320 g/mol. The van der Waals surface area contributed by atoms with Gasteiger partial charge in [0.25, 0.3) is 0 Å². The first-order valence-corrected chi connectivity index (χ1v) is 8.19. The van der Waals surface area contributed by atoms with E-state index in [1.807, 2.05) is 24.3 Å². The molecule has 0 saturated carbocycles. The maximum atomic E-state index is 6.00. The third kappa shape index (κ3) is 3.47. The van der Waals surface area contributed by atoms with Gasteiger partial charge in [-0.15, -0.1) is 11.3 Å². The number of hydrogen-bond acceptors (Lipinski definition) is 4. The number of nitrogens with two attached hydrogens (primary N) is 1. The lowest BCUT2D eigenvalue weighted by atomic mass is 10.1. The SMILES string of the molecule is NNC(CCCc1cccs1)c1cc2cc(Cl)ccc2o1. The summed E-state index contributed by atoms with van der Waals surface area (Å²) < 4.78 is 5.87. The molecule has 0 aliphatic rings. The number of hydrazine groups is 1. The topological polar surface area (TPSA) is 51.2 Å². The van der Waals surface area contributed by atoms with Gasteiger partial charge < -0.3 is 4.42 Å². The van der Waals surface area contributed by atoms with Gasteiger partial charge >= 0.3 is 0 Å². The summed E-state index contributed by atoms with van der Waals surface area (Å²) in [5.74, 6) is 6.54. The van der Waals surface area contributed by atoms with Crippen molar-refractivity contribution >= 4 is 33.9 Å². The van der Waals surface area contributed by atoms with Crippen molar-refractivity contribution in [2.24, 2.45) is 5.84 Å². The van der Waals surface area contributed by atoms with Crippen LogP contribution in [0.5, 0.6) is 0 Å². The van der Waals surface area contributed by atoms with Gasteiger partial charge in [0, 0.05) is 15.3 Å². The summed E-state index contributed by atoms with van der Waals surface area (Å²) in [6.07, 6.45) is 3.07. The number of halogens is 1. The second-order valence-corrected chi connectivity index (χ2v) is 6.49. The van der Waals surface area contributed by atoms with Crippen molar-refractivity contribution < 1.29 is 4.42 Å². The lowest BCUT2D eigenvalue weighted by Gasteiger charge is -2.12. The molecule has 0 saturated heterocycles. The van der Waals surface area contributed by atoms with Gasteiger partial charge in [0.2, 0.25) is 0 Å². The molecule has 3 rings (SSSR count). The van der Waals surface area contributed by atoms with E-state index in [9.17, 15) is 0 Å². The Balaban J connectivity index is 1.69. The predicted octanol–water partition coefficient (Wildman–Crippen LogP) is 4.68. The maximum Gasteiger partial charge on any atom is 0.134 e. The minimum atomic E-state index is 0.0242. The summed E-state index contributed by atoms with van der Waals surface area (Å²) in [6.45, 7) is 0. The second kappa shape index (κ2) is 6.62. The van der Waals surface area contributed by atoms with E-state index in [1.165, 1.54) is 4.88 Å². The molecule has 2 heterocycles. The van der Waals surface area contributed by atoms with Crippen LogP contribution in [0.15, 0.2) is 46.2 Å². The number of fused-ring (bicyclic) bond motifs is 1. The number of benzene rings is 1. The number of hydrogen-bond donors (Lipinski definition) is 2. The van der Waals surface area contributed by atoms with Crippen LogP contribution in [0.2, 0.25) is 5.02 Å². The van der Waals surface area contributed by atoms with E-state index in [0.717, 1.165) is 36.0 Å². The van der Waals surface area contributed by atoms with E-state index in [4.69, 9.17) is 21.9 Å². The van der Waals surface area contributed by atoms with Gasteiger partial charge in [-0.05, 0) is 55.0 Å². The molecule has 3 nitrogen and oxygen atoms in total. The largest absolute Gasteiger partial charge is 0.459 e. The van der Waals surface area contributed by atoms with Crippen molar-refractivity contribution in [2.45, 2.75) is 25.3 Å². The Morgan fingerprint density at radius 2 is 2.19 bits per heavy atom. The highest BCUT2D eigenvalue weighted by Gasteiger charge is 2.15. The smallest absolute Gasteiger partial charge is 0.134 e. The van der Waals surface area contributed by atoms with Crippen LogP contribution >= 0.6 is 22.9 Å². The van der Waals surface area contributed by atoms with E-state index in [2.05, 4.69) is 22.9 Å². The predicted molar refractivity (Wildman–Crippen MR) is 88.5 cm³/mol. The molecule has 2 aromatic heterocycles. The first kappa shape index (κ1) is 14.6. The molecule has 0 aliphatic heterocycles. The van der Waals surface area contributed by atoms with Crippen molar-refractivity contribution in [3.05, 3.63) is 57.4 Å². The summed E-state index contributed by atoms with van der Waals surface area (Å²) in [6, 6.07) is 11.9. The lowest BCUT2D eigenvalue weighted by Crippen LogP contribution is -2.27. The van der Waals surface area contributed by atoms with Crippen LogP contribution in [0.25, 0.3) is 11.0 Å². The number of furan rings is 1. The van der Waals surface area contributed by atoms with Crippen LogP contribution in [0, 0.1) is 0 Å². The maximum absolute atomic E-state index is 6.00. The fraction of sp³-hybridized carbons (Fsp3) is 0.250. The minimum absolute atomic E-state index is 0.0242. The normalized spacial score (nSPS) is 12.9. The van der Waals surface area contributed by atoms with Crippen molar-refractivity contribution in [3.63, 3.8) is 0 Å². The third-order valence-electron chi connectivity index (χ3n) is 3.54. The summed E-state index contributed by atoms with van der Waals surface area (Å²) in [5.41, 5.74) is 3.69. The highest BCUT2D eigenvalue weighted by Crippen LogP contribution is 2.28. The highest BCUT2D eigenvalue weighted by molar-refractivity contribution is 7.09. The molecule has 1 unspecified atom stereocenters. The van der Waals surface area contributed by atoms with E-state index < -0.39 is 0 Å². The van der Waals surface area contributed by atoms with Gasteiger partial charge in [0.05, 0.1) is 6.04 Å². The molecule has 0 fully saturated rings. The fourth-order valence-electron chi connectivity index (χ4n) is 2.45. The van der Waals surface area contributed by atoms with Gasteiger partial charge in [0.1, 0.15) is 11.3 Å². The van der Waals surface area contributed by atoms with Crippen LogP contribution in [-0.2, 0) is 6.42 Å². The molecule has 0 amide bonds. The average Bonchev–Trinajstić information content (AvgIpc) is 3.12. The molecule has 0 spiro atoms. The van der Waals surface area contributed by atoms with Gasteiger partial charge in [-0.2, -0.15) is 0 Å². The van der Waals surface area contributed by atoms with Crippen LogP contribution in [-0.4, -0.2) is 0 Å². The second-order valence-electron chi connectivity index (χ2n) is 5.02. The number of thiophene rings is 1. The van der Waals surface area contributed by atoms with Gasteiger partial charge in [-0.25, -0.2) is 5.43 Å². The molecule has 1 atom stereocenters. The molecule has 0 radical (unpaired) electrons. The van der Waals surface area contributed by atoms with Crippen LogP contribution < -0.4 is 11.3 Å². The lowest BCUT2D eigenvalue weighted by molar-refractivity contribution is 0.409. The molecule has 3 aromatic rings. The number of nitrogens with one attached hydrogen (secondary N) is 1. The van der Waals surface area contributed by atoms with Crippen molar-refractivity contribution in [3.8, 4) is 0 Å². The van der Waals surface area contributed by atoms with Crippen molar-refractivity contribution in [1.29, 1.82) is 0 Å². The van der Waals surface area contributed by atoms with Crippen molar-refractivity contribution in [1.82, 2.24) is 5.43 Å². The number of aryl methyl sites for hydroxylation is 1. The van der Waals surface area contributed by atoms with Crippen LogP contribution in [0.3, 0.4) is 0 Å².